The molecule has 7 aromatic carbocycles. The van der Waals surface area contributed by atoms with Gasteiger partial charge in [-0.1, -0.05) is 115 Å². The minimum Gasteiger partial charge on any atom is -0.309 e. The monoisotopic (exact) mass is 586 g/mol. The van der Waals surface area contributed by atoms with Crippen LogP contribution < -0.4 is 0 Å². The Morgan fingerprint density at radius 1 is 0.391 bits per heavy atom. The maximum Gasteiger partial charge on any atom is 0.165 e. The Hall–Kier alpha value is -6.26. The lowest BCUT2D eigenvalue weighted by Crippen LogP contribution is -2.04. The predicted octanol–water partition coefficient (Wildman–Crippen LogP) is 10.6. The summed E-state index contributed by atoms with van der Waals surface area (Å²) in [5.74, 6) is 0.822. The maximum atomic E-state index is 5.40. The number of hydrogen-bond donors (Lipinski definition) is 0. The number of benzene rings is 7. The summed E-state index contributed by atoms with van der Waals surface area (Å²) in [4.78, 5) is 10.7. The molecule has 0 spiro atoms. The molecular formula is C42H26N4. The van der Waals surface area contributed by atoms with Crippen LogP contribution in [0.3, 0.4) is 0 Å². The van der Waals surface area contributed by atoms with Crippen LogP contribution in [0.4, 0.5) is 0 Å². The van der Waals surface area contributed by atoms with Crippen molar-refractivity contribution in [3.8, 4) is 22.8 Å². The number of fused-ring (bicyclic) bond motifs is 9. The molecular weight excluding hydrogens is 560 g/mol. The Kier molecular flexibility index (Phi) is 5.25. The second-order valence-electron chi connectivity index (χ2n) is 11.8. The summed E-state index contributed by atoms with van der Waals surface area (Å²) in [5, 5.41) is 7.23. The molecule has 0 bridgehead atoms. The maximum absolute atomic E-state index is 5.40. The minimum absolute atomic E-state index is 0.822. The zero-order chi connectivity index (χ0) is 30.2. The van der Waals surface area contributed by atoms with E-state index in [9.17, 15) is 0 Å². The van der Waals surface area contributed by atoms with Crippen molar-refractivity contribution in [1.82, 2.24) is 19.1 Å². The molecule has 4 heteroatoms. The van der Waals surface area contributed by atoms with Crippen LogP contribution in [0.2, 0.25) is 0 Å². The van der Waals surface area contributed by atoms with Gasteiger partial charge in [0.15, 0.2) is 5.82 Å². The number of para-hydroxylation sites is 4. The standard InChI is InChI=1S/C42H26N4/c1-3-14-28(15-4-1)40-42(44-36-21-11-10-20-35(36)43-40)46-39-26-38-33(25-34(39)32-24-23-27-13-7-8-18-30(27)41(32)46)31-19-9-12-22-37(31)45(38)29-16-5-2-6-17-29/h1-26H. The fourth-order valence-corrected chi connectivity index (χ4v) is 7.25. The molecule has 4 nitrogen and oxygen atoms in total. The van der Waals surface area contributed by atoms with Crippen molar-refractivity contribution < 1.29 is 0 Å². The van der Waals surface area contributed by atoms with Crippen molar-refractivity contribution in [3.63, 3.8) is 0 Å². The highest BCUT2D eigenvalue weighted by Gasteiger charge is 2.23. The van der Waals surface area contributed by atoms with Crippen LogP contribution in [0.25, 0.3) is 88.2 Å². The average molecular weight is 587 g/mol. The van der Waals surface area contributed by atoms with Gasteiger partial charge in [0.2, 0.25) is 0 Å². The van der Waals surface area contributed by atoms with E-state index in [1.807, 2.05) is 24.3 Å². The van der Waals surface area contributed by atoms with E-state index in [-0.39, 0.29) is 0 Å². The molecule has 0 fully saturated rings. The highest BCUT2D eigenvalue weighted by atomic mass is 15.1. The Labute approximate surface area is 264 Å². The van der Waals surface area contributed by atoms with Gasteiger partial charge in [-0.15, -0.1) is 0 Å². The summed E-state index contributed by atoms with van der Waals surface area (Å²) in [7, 11) is 0. The van der Waals surface area contributed by atoms with Crippen molar-refractivity contribution in [3.05, 3.63) is 158 Å². The molecule has 0 N–H and O–H groups in total. The van der Waals surface area contributed by atoms with Gasteiger partial charge in [0.25, 0.3) is 0 Å². The first-order valence-corrected chi connectivity index (χ1v) is 15.6. The lowest BCUT2D eigenvalue weighted by atomic mass is 10.0. The molecule has 46 heavy (non-hydrogen) atoms. The first-order chi connectivity index (χ1) is 22.8. The van der Waals surface area contributed by atoms with Crippen LogP contribution in [0.5, 0.6) is 0 Å². The summed E-state index contributed by atoms with van der Waals surface area (Å²) in [6.07, 6.45) is 0. The molecule has 0 aliphatic carbocycles. The van der Waals surface area contributed by atoms with Gasteiger partial charge in [-0.05, 0) is 47.9 Å². The van der Waals surface area contributed by atoms with E-state index < -0.39 is 0 Å². The van der Waals surface area contributed by atoms with Crippen LogP contribution in [-0.4, -0.2) is 19.1 Å². The van der Waals surface area contributed by atoms with Crippen LogP contribution in [0.1, 0.15) is 0 Å². The second-order valence-corrected chi connectivity index (χ2v) is 11.8. The second kappa shape index (κ2) is 9.62. The summed E-state index contributed by atoms with van der Waals surface area (Å²) in [6, 6.07) is 55.9. The van der Waals surface area contributed by atoms with Crippen LogP contribution in [-0.2, 0) is 0 Å². The number of rotatable bonds is 3. The number of nitrogens with zero attached hydrogens (tertiary/aromatic N) is 4. The minimum atomic E-state index is 0.822. The van der Waals surface area contributed by atoms with Crippen molar-refractivity contribution in [2.75, 3.05) is 0 Å². The molecule has 10 rings (SSSR count). The van der Waals surface area contributed by atoms with Crippen LogP contribution >= 0.6 is 0 Å². The predicted molar refractivity (Wildman–Crippen MR) is 191 cm³/mol. The fourth-order valence-electron chi connectivity index (χ4n) is 7.25. The smallest absolute Gasteiger partial charge is 0.165 e. The van der Waals surface area contributed by atoms with Gasteiger partial charge in [-0.3, -0.25) is 4.57 Å². The lowest BCUT2D eigenvalue weighted by Gasteiger charge is -2.15. The van der Waals surface area contributed by atoms with Gasteiger partial charge in [-0.2, -0.15) is 0 Å². The molecule has 0 unspecified atom stereocenters. The van der Waals surface area contributed by atoms with Crippen LogP contribution in [0, 0.1) is 0 Å². The first-order valence-electron chi connectivity index (χ1n) is 15.6. The Bertz CT molecular complexity index is 2790. The number of aromatic nitrogens is 4. The van der Waals surface area contributed by atoms with Gasteiger partial charge in [0.1, 0.15) is 5.69 Å². The van der Waals surface area contributed by atoms with E-state index in [0.717, 1.165) is 50.3 Å². The molecule has 10 aromatic rings. The summed E-state index contributed by atoms with van der Waals surface area (Å²) in [5.41, 5.74) is 9.35. The van der Waals surface area contributed by atoms with Gasteiger partial charge >= 0.3 is 0 Å². The molecule has 0 radical (unpaired) electrons. The van der Waals surface area contributed by atoms with Crippen molar-refractivity contribution in [2.24, 2.45) is 0 Å². The Morgan fingerprint density at radius 2 is 1.02 bits per heavy atom. The molecule has 0 atom stereocenters. The van der Waals surface area contributed by atoms with Crippen molar-refractivity contribution in [1.29, 1.82) is 0 Å². The SMILES string of the molecule is c1ccc(-c2nc3ccccc3nc2-n2c3cc4c(cc3c3ccc5ccccc5c32)c2ccccc2n4-c2ccccc2)cc1. The lowest BCUT2D eigenvalue weighted by molar-refractivity contribution is 1.08. The summed E-state index contributed by atoms with van der Waals surface area (Å²) in [6.45, 7) is 0. The van der Waals surface area contributed by atoms with Gasteiger partial charge in [0.05, 0.1) is 33.1 Å². The molecule has 0 saturated heterocycles. The molecule has 0 aliphatic heterocycles. The van der Waals surface area contributed by atoms with Crippen molar-refractivity contribution in [2.45, 2.75) is 0 Å². The number of hydrogen-bond acceptors (Lipinski definition) is 2. The third-order valence-corrected chi connectivity index (χ3v) is 9.27. The van der Waals surface area contributed by atoms with E-state index in [4.69, 9.17) is 9.97 Å². The summed E-state index contributed by atoms with van der Waals surface area (Å²) < 4.78 is 4.75. The zero-order valence-electron chi connectivity index (χ0n) is 24.8. The molecule has 0 amide bonds. The molecule has 0 aliphatic rings. The van der Waals surface area contributed by atoms with E-state index >= 15 is 0 Å². The van der Waals surface area contributed by atoms with Gasteiger partial charge in [0, 0.05) is 38.2 Å². The first kappa shape index (κ1) is 25.1. The topological polar surface area (TPSA) is 35.6 Å². The average Bonchev–Trinajstić information content (AvgIpc) is 3.63. The van der Waals surface area contributed by atoms with Crippen molar-refractivity contribution >= 4 is 65.4 Å². The molecule has 3 aromatic heterocycles. The quantitative estimate of drug-likeness (QED) is 0.206. The normalized spacial score (nSPS) is 11.9. The molecule has 214 valence electrons. The Balaban J connectivity index is 1.44. The fraction of sp³-hybridized carbons (Fsp3) is 0. The summed E-state index contributed by atoms with van der Waals surface area (Å²) >= 11 is 0. The molecule has 0 saturated carbocycles. The van der Waals surface area contributed by atoms with E-state index in [1.165, 1.54) is 37.8 Å². The Morgan fingerprint density at radius 3 is 1.85 bits per heavy atom. The van der Waals surface area contributed by atoms with Gasteiger partial charge in [-0.25, -0.2) is 9.97 Å². The van der Waals surface area contributed by atoms with E-state index in [1.54, 1.807) is 0 Å². The van der Waals surface area contributed by atoms with E-state index in [0.29, 0.717) is 0 Å². The largest absolute Gasteiger partial charge is 0.309 e. The van der Waals surface area contributed by atoms with Gasteiger partial charge < -0.3 is 4.57 Å². The van der Waals surface area contributed by atoms with E-state index in [2.05, 4.69) is 143 Å². The zero-order valence-corrected chi connectivity index (χ0v) is 24.8. The highest BCUT2D eigenvalue weighted by molar-refractivity contribution is 6.23. The van der Waals surface area contributed by atoms with Crippen LogP contribution in [0.15, 0.2) is 158 Å². The third-order valence-electron chi connectivity index (χ3n) is 9.27. The highest BCUT2D eigenvalue weighted by Crippen LogP contribution is 2.42. The third kappa shape index (κ3) is 3.55. The molecule has 3 heterocycles.